The van der Waals surface area contributed by atoms with Crippen LogP contribution in [0.15, 0.2) is 42.6 Å². The lowest BCUT2D eigenvalue weighted by molar-refractivity contribution is -0.137. The number of fused-ring (bicyclic) bond motifs is 1. The van der Waals surface area contributed by atoms with Gasteiger partial charge in [0.25, 0.3) is 11.8 Å². The summed E-state index contributed by atoms with van der Waals surface area (Å²) in [7, 11) is 0. The van der Waals surface area contributed by atoms with E-state index in [-0.39, 0.29) is 24.1 Å². The molecule has 0 fully saturated rings. The van der Waals surface area contributed by atoms with Gasteiger partial charge in [-0.15, -0.1) is 0 Å². The molecule has 0 atom stereocenters. The summed E-state index contributed by atoms with van der Waals surface area (Å²) in [6.07, 6.45) is 4.06. The van der Waals surface area contributed by atoms with Crippen molar-refractivity contribution >= 4 is 22.7 Å². The van der Waals surface area contributed by atoms with E-state index in [4.69, 9.17) is 0 Å². The van der Waals surface area contributed by atoms with Crippen molar-refractivity contribution in [2.24, 2.45) is 0 Å². The normalized spacial score (nSPS) is 14.6. The largest absolute Gasteiger partial charge is 0.506 e. The van der Waals surface area contributed by atoms with Gasteiger partial charge in [0.1, 0.15) is 11.3 Å². The molecule has 1 aromatic carbocycles. The van der Waals surface area contributed by atoms with Gasteiger partial charge in [0.15, 0.2) is 0 Å². The highest BCUT2D eigenvalue weighted by Crippen LogP contribution is 2.26. The van der Waals surface area contributed by atoms with Crippen LogP contribution in [0, 0.1) is 0 Å². The van der Waals surface area contributed by atoms with E-state index in [1.165, 1.54) is 12.2 Å². The number of aromatic hydroxyl groups is 1. The number of phenolic OH excluding ortho intramolecular Hbond substituents is 1. The average molecular weight is 254 g/mol. The van der Waals surface area contributed by atoms with Gasteiger partial charge in [-0.1, -0.05) is 12.1 Å². The number of carbonyl (C=O) groups excluding carboxylic acids is 2. The minimum atomic E-state index is -0.324. The number of aromatic nitrogens is 1. The number of hydrogen-bond donors (Lipinski definition) is 1. The lowest BCUT2D eigenvalue weighted by Crippen LogP contribution is -2.29. The minimum Gasteiger partial charge on any atom is -0.506 e. The quantitative estimate of drug-likeness (QED) is 0.821. The molecule has 2 aromatic rings. The van der Waals surface area contributed by atoms with Crippen LogP contribution in [0.5, 0.6) is 5.75 Å². The van der Waals surface area contributed by atoms with Crippen molar-refractivity contribution in [1.29, 1.82) is 0 Å². The van der Waals surface area contributed by atoms with Gasteiger partial charge >= 0.3 is 0 Å². The highest BCUT2D eigenvalue weighted by molar-refractivity contribution is 6.12. The average Bonchev–Trinajstić information content (AvgIpc) is 2.72. The molecule has 3 rings (SSSR count). The number of imide groups is 1. The molecular weight excluding hydrogens is 244 g/mol. The molecular formula is C14H10N2O3. The number of nitrogens with zero attached hydrogens (tertiary/aromatic N) is 2. The predicted molar refractivity (Wildman–Crippen MR) is 68.1 cm³/mol. The van der Waals surface area contributed by atoms with E-state index in [1.807, 2.05) is 0 Å². The van der Waals surface area contributed by atoms with Crippen molar-refractivity contribution in [3.63, 3.8) is 0 Å². The zero-order valence-corrected chi connectivity index (χ0v) is 9.91. The van der Waals surface area contributed by atoms with Crippen molar-refractivity contribution in [2.75, 3.05) is 0 Å². The highest BCUT2D eigenvalue weighted by atomic mass is 16.3. The first kappa shape index (κ1) is 11.4. The number of benzene rings is 1. The molecule has 1 aromatic heterocycles. The number of amides is 2. The molecule has 1 N–H and O–H groups in total. The molecule has 0 unspecified atom stereocenters. The second kappa shape index (κ2) is 4.20. The number of pyridine rings is 1. The fraction of sp³-hybridized carbons (Fsp3) is 0.0714. The maximum absolute atomic E-state index is 11.5. The van der Waals surface area contributed by atoms with Gasteiger partial charge in [-0.25, -0.2) is 0 Å². The Morgan fingerprint density at radius 3 is 2.58 bits per heavy atom. The highest BCUT2D eigenvalue weighted by Gasteiger charge is 2.24. The zero-order valence-electron chi connectivity index (χ0n) is 9.91. The first-order chi connectivity index (χ1) is 9.16. The Bertz CT molecular complexity index is 704. The number of hydrogen-bond acceptors (Lipinski definition) is 4. The van der Waals surface area contributed by atoms with Gasteiger partial charge in [0.05, 0.1) is 6.54 Å². The number of carbonyl (C=O) groups is 2. The van der Waals surface area contributed by atoms with Crippen LogP contribution < -0.4 is 0 Å². The van der Waals surface area contributed by atoms with Crippen molar-refractivity contribution < 1.29 is 14.7 Å². The Kier molecular flexibility index (Phi) is 2.52. The van der Waals surface area contributed by atoms with Gasteiger partial charge in [0.2, 0.25) is 0 Å². The van der Waals surface area contributed by atoms with Crippen molar-refractivity contribution in [3.8, 4) is 5.75 Å². The van der Waals surface area contributed by atoms with Crippen LogP contribution in [-0.2, 0) is 16.1 Å². The Morgan fingerprint density at radius 2 is 1.84 bits per heavy atom. The Hall–Kier alpha value is -2.69. The van der Waals surface area contributed by atoms with Crippen LogP contribution in [0.3, 0.4) is 0 Å². The smallest absolute Gasteiger partial charge is 0.253 e. The van der Waals surface area contributed by atoms with Gasteiger partial charge in [0, 0.05) is 23.7 Å². The molecule has 94 valence electrons. The summed E-state index contributed by atoms with van der Waals surface area (Å²) >= 11 is 0. The van der Waals surface area contributed by atoms with Gasteiger partial charge < -0.3 is 5.11 Å². The van der Waals surface area contributed by atoms with E-state index in [2.05, 4.69) is 4.98 Å². The fourth-order valence-electron chi connectivity index (χ4n) is 2.11. The first-order valence-corrected chi connectivity index (χ1v) is 5.76. The molecule has 0 bridgehead atoms. The van der Waals surface area contributed by atoms with E-state index >= 15 is 0 Å². The van der Waals surface area contributed by atoms with E-state index in [0.717, 1.165) is 15.8 Å². The van der Waals surface area contributed by atoms with E-state index in [9.17, 15) is 14.7 Å². The summed E-state index contributed by atoms with van der Waals surface area (Å²) in [5.74, 6) is -0.568. The molecule has 0 saturated carbocycles. The van der Waals surface area contributed by atoms with Crippen LogP contribution in [0.25, 0.3) is 10.9 Å². The Morgan fingerprint density at radius 1 is 1.11 bits per heavy atom. The second-order valence-corrected chi connectivity index (χ2v) is 4.24. The van der Waals surface area contributed by atoms with E-state index < -0.39 is 0 Å². The number of rotatable bonds is 2. The standard InChI is InChI=1S/C14H10N2O3/c17-11-3-1-2-10-9(6-7-15-14(10)11)8-16-12(18)4-5-13(16)19/h1-7,17H,8H2. The Labute approximate surface area is 108 Å². The molecule has 0 saturated heterocycles. The van der Waals surface area contributed by atoms with E-state index in [1.54, 1.807) is 30.5 Å². The summed E-state index contributed by atoms with van der Waals surface area (Å²) in [6.45, 7) is 0.174. The van der Waals surface area contributed by atoms with Gasteiger partial charge in [-0.2, -0.15) is 0 Å². The molecule has 0 radical (unpaired) electrons. The van der Waals surface area contributed by atoms with Crippen molar-refractivity contribution in [2.45, 2.75) is 6.54 Å². The summed E-state index contributed by atoms with van der Waals surface area (Å²) < 4.78 is 0. The van der Waals surface area contributed by atoms with Gasteiger partial charge in [-0.05, 0) is 17.7 Å². The third-order valence-corrected chi connectivity index (χ3v) is 3.07. The van der Waals surface area contributed by atoms with Crippen molar-refractivity contribution in [1.82, 2.24) is 9.88 Å². The number of phenols is 1. The SMILES string of the molecule is O=C1C=CC(=O)N1Cc1ccnc2c(O)cccc12. The fourth-order valence-corrected chi connectivity index (χ4v) is 2.11. The summed E-state index contributed by atoms with van der Waals surface area (Å²) in [5.41, 5.74) is 1.23. The third kappa shape index (κ3) is 1.85. The summed E-state index contributed by atoms with van der Waals surface area (Å²) in [4.78, 5) is 28.3. The lowest BCUT2D eigenvalue weighted by Gasteiger charge is -2.15. The van der Waals surface area contributed by atoms with Gasteiger partial charge in [-0.3, -0.25) is 19.5 Å². The van der Waals surface area contributed by atoms with Crippen LogP contribution >= 0.6 is 0 Å². The maximum atomic E-state index is 11.5. The molecule has 5 heteroatoms. The molecule has 2 amide bonds. The van der Waals surface area contributed by atoms with E-state index in [0.29, 0.717) is 5.52 Å². The third-order valence-electron chi connectivity index (χ3n) is 3.07. The monoisotopic (exact) mass is 254 g/mol. The molecule has 2 heterocycles. The van der Waals surface area contributed by atoms with Crippen molar-refractivity contribution in [3.05, 3.63) is 48.2 Å². The molecule has 0 spiro atoms. The maximum Gasteiger partial charge on any atom is 0.253 e. The molecule has 1 aliphatic rings. The predicted octanol–water partition coefficient (Wildman–Crippen LogP) is 1.37. The lowest BCUT2D eigenvalue weighted by atomic mass is 10.1. The summed E-state index contributed by atoms with van der Waals surface area (Å²) in [6, 6.07) is 6.79. The van der Waals surface area contributed by atoms with Crippen LogP contribution in [0.4, 0.5) is 0 Å². The minimum absolute atomic E-state index is 0.0801. The van der Waals surface area contributed by atoms with Crippen LogP contribution in [0.1, 0.15) is 5.56 Å². The first-order valence-electron chi connectivity index (χ1n) is 5.76. The summed E-state index contributed by atoms with van der Waals surface area (Å²) in [5, 5.41) is 10.5. The van der Waals surface area contributed by atoms with Crippen LogP contribution in [0.2, 0.25) is 0 Å². The molecule has 1 aliphatic heterocycles. The molecule has 0 aliphatic carbocycles. The number of para-hydroxylation sites is 1. The topological polar surface area (TPSA) is 70.5 Å². The van der Waals surface area contributed by atoms with Crippen LogP contribution in [-0.4, -0.2) is 26.8 Å². The zero-order chi connectivity index (χ0) is 13.4. The second-order valence-electron chi connectivity index (χ2n) is 4.24. The molecule has 19 heavy (non-hydrogen) atoms. The molecule has 5 nitrogen and oxygen atoms in total. The Balaban J connectivity index is 2.04.